The van der Waals surface area contributed by atoms with E-state index in [4.69, 9.17) is 34.4 Å². The number of phosphoric ester groups is 1. The lowest BCUT2D eigenvalue weighted by Gasteiger charge is -2.37. The van der Waals surface area contributed by atoms with Gasteiger partial charge in [-0.25, -0.2) is 25.5 Å². The van der Waals surface area contributed by atoms with Crippen molar-refractivity contribution in [1.82, 2.24) is 0 Å². The minimum absolute atomic E-state index is 0.0654. The van der Waals surface area contributed by atoms with Crippen molar-refractivity contribution in [1.29, 1.82) is 0 Å². The number of cyclic esters (lactones) is 1. The lowest BCUT2D eigenvalue weighted by molar-refractivity contribution is -0.148. The number of aliphatic hydroxyl groups excluding tert-OH is 1. The van der Waals surface area contributed by atoms with Crippen LogP contribution in [0.15, 0.2) is 131 Å². The molecule has 0 spiro atoms. The Morgan fingerprint density at radius 1 is 0.982 bits per heavy atom. The number of ether oxygens (including phenoxy) is 3. The molecule has 0 amide bonds. The van der Waals surface area contributed by atoms with Gasteiger partial charge >= 0.3 is 25.7 Å². The largest absolute Gasteiger partial charge is 0.475 e. The Bertz CT molecular complexity index is 2100. The van der Waals surface area contributed by atoms with Crippen molar-refractivity contribution in [3.63, 3.8) is 0 Å². The molecule has 2 aromatic carbocycles. The molecule has 1 N–H and O–H groups in total. The predicted octanol–water partition coefficient (Wildman–Crippen LogP) is 7.98. The lowest BCUT2D eigenvalue weighted by atomic mass is 9.71. The summed E-state index contributed by atoms with van der Waals surface area (Å²) in [5.41, 5.74) is 2.68. The van der Waals surface area contributed by atoms with Crippen molar-refractivity contribution in [2.75, 3.05) is 19.8 Å². The van der Waals surface area contributed by atoms with E-state index >= 15 is 0 Å². The Balaban J connectivity index is 1.57. The number of carbonyl (C=O) groups excluding carboxylic acids is 4. The third-order valence-corrected chi connectivity index (χ3v) is 10.4. The van der Waals surface area contributed by atoms with Crippen molar-refractivity contribution in [2.24, 2.45) is 5.41 Å². The normalized spacial score (nSPS) is 20.4. The molecule has 0 saturated carbocycles. The van der Waals surface area contributed by atoms with E-state index < -0.39 is 80.0 Å². The molecule has 14 heteroatoms. The molecule has 0 saturated heterocycles. The number of hydrogen-bond donors (Lipinski definition) is 1. The first kappa shape index (κ1) is 44.2. The number of benzene rings is 2. The van der Waals surface area contributed by atoms with Gasteiger partial charge in [0.1, 0.15) is 18.8 Å². The molecular formula is C43H46NO12P. The highest BCUT2D eigenvalue weighted by molar-refractivity contribution is 7.48. The first-order valence-electron chi connectivity index (χ1n) is 18.1. The smallest absolute Gasteiger partial charge is 0.445 e. The third-order valence-electron chi connectivity index (χ3n) is 8.96. The average Bonchev–Trinajstić information content (AvgIpc) is 3.49. The summed E-state index contributed by atoms with van der Waals surface area (Å²) in [6, 6.07) is 15.4. The van der Waals surface area contributed by atoms with E-state index in [1.165, 1.54) is 24.3 Å². The Morgan fingerprint density at radius 2 is 1.60 bits per heavy atom. The molecule has 1 aliphatic heterocycles. The zero-order valence-corrected chi connectivity index (χ0v) is 33.5. The van der Waals surface area contributed by atoms with Crippen LogP contribution in [0.1, 0.15) is 68.7 Å². The lowest BCUT2D eigenvalue weighted by Crippen LogP contribution is -2.38. The number of esters is 3. The van der Waals surface area contributed by atoms with E-state index in [1.807, 2.05) is 71.1 Å². The Morgan fingerprint density at radius 3 is 2.19 bits per heavy atom. The molecule has 57 heavy (non-hydrogen) atoms. The summed E-state index contributed by atoms with van der Waals surface area (Å²) < 4.78 is 47.0. The molecule has 1 aliphatic carbocycles. The standard InChI is InChI=1S/C43H46NO12P/c1-8-28(2)16-15-17-29(3)22-23-33-30(4)36(46)35(26-43(33,5)6)56-57(50,51-25-24-44-7)52-27-34(45)37-38(54-40(47)31-18-11-9-12-19-31)39(42(49)53-37)55-41(48)32-20-13-10-14-21-32/h8-23,34-35,37,45H,24-27H2,1-6H3/t34-,35?,37+,57?/m0/s1. The zero-order chi connectivity index (χ0) is 41.8. The first-order chi connectivity index (χ1) is 27.1. The molecule has 2 aromatic rings. The highest BCUT2D eigenvalue weighted by atomic mass is 31.2. The summed E-state index contributed by atoms with van der Waals surface area (Å²) in [7, 11) is -4.73. The van der Waals surface area contributed by atoms with Gasteiger partial charge in [-0.05, 0) is 74.9 Å². The second-order valence-electron chi connectivity index (χ2n) is 13.8. The summed E-state index contributed by atoms with van der Waals surface area (Å²) in [4.78, 5) is 56.0. The Hall–Kier alpha value is -5.48. The van der Waals surface area contributed by atoms with Crippen LogP contribution in [0.4, 0.5) is 0 Å². The van der Waals surface area contributed by atoms with Crippen LogP contribution in [0, 0.1) is 12.0 Å². The fourth-order valence-corrected chi connectivity index (χ4v) is 7.09. The zero-order valence-electron chi connectivity index (χ0n) is 32.6. The fraction of sp³-hybridized carbons (Fsp3) is 0.326. The van der Waals surface area contributed by atoms with Crippen molar-refractivity contribution in [2.45, 2.75) is 66.3 Å². The predicted molar refractivity (Wildman–Crippen MR) is 210 cm³/mol. The van der Waals surface area contributed by atoms with Crippen molar-refractivity contribution >= 4 is 31.5 Å². The van der Waals surface area contributed by atoms with Gasteiger partial charge in [0.25, 0.3) is 5.76 Å². The molecule has 4 atom stereocenters. The second kappa shape index (κ2) is 20.1. The first-order valence-corrected chi connectivity index (χ1v) is 19.5. The van der Waals surface area contributed by atoms with Crippen molar-refractivity contribution in [3.05, 3.63) is 153 Å². The molecule has 0 fully saturated rings. The number of rotatable bonds is 17. The molecule has 0 radical (unpaired) electrons. The number of ketones is 1. The maximum absolute atomic E-state index is 14.1. The van der Waals surface area contributed by atoms with Crippen LogP contribution in [0.3, 0.4) is 0 Å². The van der Waals surface area contributed by atoms with Gasteiger partial charge in [-0.15, -0.1) is 0 Å². The van der Waals surface area contributed by atoms with Gasteiger partial charge < -0.3 is 24.2 Å². The quantitative estimate of drug-likeness (QED) is 0.0410. The minimum atomic E-state index is -4.73. The van der Waals surface area contributed by atoms with Gasteiger partial charge in [0, 0.05) is 0 Å². The summed E-state index contributed by atoms with van der Waals surface area (Å²) in [6.45, 7) is 16.9. The summed E-state index contributed by atoms with van der Waals surface area (Å²) in [6.07, 6.45) is 6.70. The SMILES string of the molecule is [C-]#[N+]CCOP(=O)(OC[C@H](O)[C@H]1OC(=O)C(OC(=O)c2ccccc2)=C1OC(=O)c1ccccc1)OC1CC(C)(C)C(C=CC(C)=CC=CC(C)=CC)=C(C)C1=O. The number of carbonyl (C=O) groups is 4. The van der Waals surface area contributed by atoms with Gasteiger partial charge in [0.05, 0.1) is 17.7 Å². The van der Waals surface area contributed by atoms with Crippen LogP contribution < -0.4 is 0 Å². The van der Waals surface area contributed by atoms with Gasteiger partial charge in [-0.3, -0.25) is 18.4 Å². The van der Waals surface area contributed by atoms with Crippen LogP contribution in [0.25, 0.3) is 4.85 Å². The molecule has 300 valence electrons. The van der Waals surface area contributed by atoms with E-state index in [0.717, 1.165) is 16.7 Å². The topological polar surface area (TPSA) is 165 Å². The fourth-order valence-electron chi connectivity index (χ4n) is 5.77. The number of Topliss-reactive ketones (excluding diaryl/α,β-unsaturated/α-hetero) is 1. The molecule has 2 unspecified atom stereocenters. The van der Waals surface area contributed by atoms with E-state index in [0.29, 0.717) is 5.57 Å². The summed E-state index contributed by atoms with van der Waals surface area (Å²) in [5, 5.41) is 11.3. The van der Waals surface area contributed by atoms with E-state index in [2.05, 4.69) is 4.85 Å². The second-order valence-corrected chi connectivity index (χ2v) is 15.4. The molecule has 0 aromatic heterocycles. The number of phosphoric acid groups is 1. The van der Waals surface area contributed by atoms with Crippen LogP contribution in [-0.2, 0) is 41.9 Å². The van der Waals surface area contributed by atoms with E-state index in [-0.39, 0.29) is 24.1 Å². The maximum atomic E-state index is 14.1. The van der Waals surface area contributed by atoms with Crippen LogP contribution in [-0.4, -0.2) is 66.9 Å². The van der Waals surface area contributed by atoms with E-state index in [9.17, 15) is 28.8 Å². The number of nitrogens with zero attached hydrogens (tertiary/aromatic N) is 1. The average molecular weight is 800 g/mol. The monoisotopic (exact) mass is 799 g/mol. The van der Waals surface area contributed by atoms with Crippen molar-refractivity contribution < 1.29 is 56.6 Å². The van der Waals surface area contributed by atoms with E-state index in [1.54, 1.807) is 43.3 Å². The summed E-state index contributed by atoms with van der Waals surface area (Å²) >= 11 is 0. The molecule has 13 nitrogen and oxygen atoms in total. The number of aliphatic hydroxyl groups is 1. The third kappa shape index (κ3) is 12.0. The molecular weight excluding hydrogens is 753 g/mol. The van der Waals surface area contributed by atoms with Crippen LogP contribution >= 0.6 is 7.82 Å². The van der Waals surface area contributed by atoms with Gasteiger partial charge in [-0.1, -0.05) is 97.8 Å². The molecule has 2 aliphatic rings. The van der Waals surface area contributed by atoms with Gasteiger partial charge in [-0.2, -0.15) is 0 Å². The van der Waals surface area contributed by atoms with Gasteiger partial charge in [0.2, 0.25) is 12.3 Å². The molecule has 1 heterocycles. The highest BCUT2D eigenvalue weighted by Crippen LogP contribution is 2.54. The highest BCUT2D eigenvalue weighted by Gasteiger charge is 2.47. The summed E-state index contributed by atoms with van der Waals surface area (Å²) in [5.74, 6) is -5.08. The molecule has 0 bridgehead atoms. The number of allylic oxidation sites excluding steroid dienone is 9. The minimum Gasteiger partial charge on any atom is -0.445 e. The van der Waals surface area contributed by atoms with Crippen molar-refractivity contribution in [3.8, 4) is 0 Å². The van der Waals surface area contributed by atoms with Crippen LogP contribution in [0.2, 0.25) is 0 Å². The Kier molecular flexibility index (Phi) is 15.6. The Labute approximate surface area is 332 Å². The maximum Gasteiger partial charge on any atom is 0.475 e. The number of hydrogen-bond acceptors (Lipinski definition) is 12. The van der Waals surface area contributed by atoms with Gasteiger partial charge in [0.15, 0.2) is 11.9 Å². The molecule has 4 rings (SSSR count). The van der Waals surface area contributed by atoms with Crippen LogP contribution in [0.5, 0.6) is 0 Å².